The Labute approximate surface area is 79.3 Å². The largest absolute Gasteiger partial charge is 0.389 e. The minimum atomic E-state index is -0.340. The van der Waals surface area contributed by atoms with Gasteiger partial charge in [-0.25, -0.2) is 0 Å². The number of rotatable bonds is 5. The van der Waals surface area contributed by atoms with Gasteiger partial charge in [-0.2, -0.15) is 0 Å². The summed E-state index contributed by atoms with van der Waals surface area (Å²) in [4.78, 5) is 0. The van der Waals surface area contributed by atoms with Gasteiger partial charge < -0.3 is 14.6 Å². The Bertz CT molecular complexity index is 150. The molecule has 1 N–H and O–H groups in total. The Morgan fingerprint density at radius 1 is 1.69 bits per heavy atom. The second-order valence-corrected chi connectivity index (χ2v) is 3.18. The topological polar surface area (TPSA) is 38.7 Å². The third kappa shape index (κ3) is 4.41. The summed E-state index contributed by atoms with van der Waals surface area (Å²) in [6.07, 6.45) is 6.06. The van der Waals surface area contributed by atoms with Gasteiger partial charge in [0.25, 0.3) is 0 Å². The maximum absolute atomic E-state index is 9.18. The first kappa shape index (κ1) is 10.7. The van der Waals surface area contributed by atoms with E-state index in [1.165, 1.54) is 0 Å². The summed E-state index contributed by atoms with van der Waals surface area (Å²) in [6.45, 7) is 3.28. The number of aliphatic hydroxyl groups excluding tert-OH is 1. The smallest absolute Gasteiger partial charge is 0.158 e. The summed E-state index contributed by atoms with van der Waals surface area (Å²) in [5, 5.41) is 9.18. The van der Waals surface area contributed by atoms with Gasteiger partial charge in [0.1, 0.15) is 0 Å². The predicted octanol–water partition coefficient (Wildman–Crippen LogP) is 1.47. The molecule has 0 aromatic heterocycles. The molecule has 0 bridgehead atoms. The summed E-state index contributed by atoms with van der Waals surface area (Å²) < 4.78 is 10.6. The van der Waals surface area contributed by atoms with Crippen LogP contribution < -0.4 is 0 Å². The summed E-state index contributed by atoms with van der Waals surface area (Å²) >= 11 is 0. The van der Waals surface area contributed by atoms with Gasteiger partial charge in [0.15, 0.2) is 6.29 Å². The van der Waals surface area contributed by atoms with E-state index in [9.17, 15) is 5.11 Å². The molecule has 0 aliphatic carbocycles. The summed E-state index contributed by atoms with van der Waals surface area (Å²) in [5.74, 6) is 0. The first-order chi connectivity index (χ1) is 6.33. The van der Waals surface area contributed by atoms with Crippen LogP contribution in [0.2, 0.25) is 0 Å². The third-order valence-electron chi connectivity index (χ3n) is 2.04. The number of ether oxygens (including phenoxy) is 2. The fraction of sp³-hybridized carbons (Fsp3) is 0.800. The van der Waals surface area contributed by atoms with Gasteiger partial charge in [-0.05, 0) is 12.8 Å². The molecule has 2 atom stereocenters. The molecule has 1 aliphatic rings. The van der Waals surface area contributed by atoms with Gasteiger partial charge in [-0.3, -0.25) is 0 Å². The SMILES string of the molecule is CCC(O)/C=C\COC1CCCO1. The molecule has 3 heteroatoms. The van der Waals surface area contributed by atoms with E-state index in [0.29, 0.717) is 6.61 Å². The minimum Gasteiger partial charge on any atom is -0.389 e. The average molecular weight is 186 g/mol. The van der Waals surface area contributed by atoms with Crippen LogP contribution >= 0.6 is 0 Å². The second-order valence-electron chi connectivity index (χ2n) is 3.18. The van der Waals surface area contributed by atoms with Crippen LogP contribution in [0, 0.1) is 0 Å². The highest BCUT2D eigenvalue weighted by Gasteiger charge is 2.14. The third-order valence-corrected chi connectivity index (χ3v) is 2.04. The lowest BCUT2D eigenvalue weighted by atomic mass is 10.2. The van der Waals surface area contributed by atoms with Crippen LogP contribution in [0.3, 0.4) is 0 Å². The van der Waals surface area contributed by atoms with Gasteiger partial charge in [-0.15, -0.1) is 0 Å². The van der Waals surface area contributed by atoms with Crippen LogP contribution in [-0.4, -0.2) is 30.7 Å². The van der Waals surface area contributed by atoms with Crippen molar-refractivity contribution >= 4 is 0 Å². The zero-order chi connectivity index (χ0) is 9.52. The lowest BCUT2D eigenvalue weighted by Gasteiger charge is -2.08. The van der Waals surface area contributed by atoms with Crippen molar-refractivity contribution in [2.45, 2.75) is 38.6 Å². The van der Waals surface area contributed by atoms with E-state index in [-0.39, 0.29) is 12.4 Å². The fourth-order valence-corrected chi connectivity index (χ4v) is 1.19. The summed E-state index contributed by atoms with van der Waals surface area (Å²) in [7, 11) is 0. The van der Waals surface area contributed by atoms with Crippen LogP contribution in [0.15, 0.2) is 12.2 Å². The number of aliphatic hydroxyl groups is 1. The minimum absolute atomic E-state index is 0.0246. The Balaban J connectivity index is 2.02. The maximum atomic E-state index is 9.18. The Morgan fingerprint density at radius 2 is 2.54 bits per heavy atom. The van der Waals surface area contributed by atoms with Crippen molar-refractivity contribution < 1.29 is 14.6 Å². The van der Waals surface area contributed by atoms with Crippen molar-refractivity contribution in [1.29, 1.82) is 0 Å². The molecule has 0 aromatic rings. The average Bonchev–Trinajstić information content (AvgIpc) is 2.64. The number of hydrogen-bond donors (Lipinski definition) is 1. The van der Waals surface area contributed by atoms with E-state index in [0.717, 1.165) is 25.9 Å². The maximum Gasteiger partial charge on any atom is 0.158 e. The van der Waals surface area contributed by atoms with E-state index in [2.05, 4.69) is 0 Å². The highest BCUT2D eigenvalue weighted by Crippen LogP contribution is 2.12. The zero-order valence-electron chi connectivity index (χ0n) is 8.11. The van der Waals surface area contributed by atoms with E-state index in [1.54, 1.807) is 6.08 Å². The second kappa shape index (κ2) is 6.13. The van der Waals surface area contributed by atoms with Crippen molar-refractivity contribution in [3.63, 3.8) is 0 Å². The molecule has 2 unspecified atom stereocenters. The normalized spacial score (nSPS) is 25.5. The van der Waals surface area contributed by atoms with Gasteiger partial charge in [0.2, 0.25) is 0 Å². The highest BCUT2D eigenvalue weighted by molar-refractivity contribution is 4.87. The molecular formula is C10H18O3. The highest BCUT2D eigenvalue weighted by atomic mass is 16.7. The Kier molecular flexibility index (Phi) is 5.05. The molecule has 0 spiro atoms. The van der Waals surface area contributed by atoms with Gasteiger partial charge in [-0.1, -0.05) is 19.1 Å². The van der Waals surface area contributed by atoms with Crippen molar-refractivity contribution in [2.24, 2.45) is 0 Å². The Hall–Kier alpha value is -0.380. The molecule has 3 nitrogen and oxygen atoms in total. The first-order valence-electron chi connectivity index (χ1n) is 4.91. The molecular weight excluding hydrogens is 168 g/mol. The molecule has 0 saturated carbocycles. The predicted molar refractivity (Wildman–Crippen MR) is 50.4 cm³/mol. The van der Waals surface area contributed by atoms with Crippen LogP contribution in [-0.2, 0) is 9.47 Å². The molecule has 1 fully saturated rings. The lowest BCUT2D eigenvalue weighted by molar-refractivity contribution is -0.101. The molecule has 0 aromatic carbocycles. The van der Waals surface area contributed by atoms with E-state index in [4.69, 9.17) is 9.47 Å². The van der Waals surface area contributed by atoms with Gasteiger partial charge >= 0.3 is 0 Å². The molecule has 13 heavy (non-hydrogen) atoms. The molecule has 1 heterocycles. The van der Waals surface area contributed by atoms with Gasteiger partial charge in [0.05, 0.1) is 12.7 Å². The van der Waals surface area contributed by atoms with Crippen molar-refractivity contribution in [3.05, 3.63) is 12.2 Å². The van der Waals surface area contributed by atoms with Crippen molar-refractivity contribution in [3.8, 4) is 0 Å². The number of hydrogen-bond acceptors (Lipinski definition) is 3. The summed E-state index contributed by atoms with van der Waals surface area (Å²) in [5.41, 5.74) is 0. The van der Waals surface area contributed by atoms with Crippen LogP contribution in [0.1, 0.15) is 26.2 Å². The van der Waals surface area contributed by atoms with E-state index < -0.39 is 0 Å². The molecule has 1 rings (SSSR count). The molecule has 0 amide bonds. The van der Waals surface area contributed by atoms with E-state index >= 15 is 0 Å². The Morgan fingerprint density at radius 3 is 3.15 bits per heavy atom. The van der Waals surface area contributed by atoms with Crippen LogP contribution in [0.4, 0.5) is 0 Å². The lowest BCUT2D eigenvalue weighted by Crippen LogP contribution is -2.10. The first-order valence-corrected chi connectivity index (χ1v) is 4.91. The molecule has 1 saturated heterocycles. The monoisotopic (exact) mass is 186 g/mol. The van der Waals surface area contributed by atoms with Crippen LogP contribution in [0.25, 0.3) is 0 Å². The quantitative estimate of drug-likeness (QED) is 0.661. The van der Waals surface area contributed by atoms with E-state index in [1.807, 2.05) is 13.0 Å². The van der Waals surface area contributed by atoms with Crippen LogP contribution in [0.5, 0.6) is 0 Å². The van der Waals surface area contributed by atoms with Crippen molar-refractivity contribution in [2.75, 3.05) is 13.2 Å². The zero-order valence-corrected chi connectivity index (χ0v) is 8.11. The van der Waals surface area contributed by atoms with Crippen molar-refractivity contribution in [1.82, 2.24) is 0 Å². The molecule has 76 valence electrons. The fourth-order valence-electron chi connectivity index (χ4n) is 1.19. The standard InChI is InChI=1S/C10H18O3/c1-2-9(11)5-3-7-12-10-6-4-8-13-10/h3,5,9-11H,2,4,6-8H2,1H3/b5-3-. The molecule has 0 radical (unpaired) electrons. The summed E-state index contributed by atoms with van der Waals surface area (Å²) in [6, 6.07) is 0. The van der Waals surface area contributed by atoms with Gasteiger partial charge in [0, 0.05) is 13.0 Å². The molecule has 1 aliphatic heterocycles.